The molecule has 0 aliphatic heterocycles. The Hall–Kier alpha value is -0.770. The normalized spacial score (nSPS) is 14.3. The zero-order chi connectivity index (χ0) is 13.5. The van der Waals surface area contributed by atoms with Crippen LogP contribution in [0.4, 0.5) is 0 Å². The fraction of sp³-hybridized carbons (Fsp3) is 0.571. The van der Waals surface area contributed by atoms with E-state index in [4.69, 9.17) is 21.1 Å². The van der Waals surface area contributed by atoms with Gasteiger partial charge in [0.2, 0.25) is 0 Å². The summed E-state index contributed by atoms with van der Waals surface area (Å²) in [5, 5.41) is 4.18. The summed E-state index contributed by atoms with van der Waals surface area (Å²) in [4.78, 5) is 0. The molecule has 18 heavy (non-hydrogen) atoms. The largest absolute Gasteiger partial charge is 0.496 e. The van der Waals surface area contributed by atoms with Gasteiger partial charge >= 0.3 is 0 Å². The molecule has 102 valence electrons. The molecule has 0 saturated heterocycles. The third-order valence-electron chi connectivity index (χ3n) is 2.98. The van der Waals surface area contributed by atoms with E-state index >= 15 is 0 Å². The molecule has 0 aliphatic rings. The zero-order valence-corrected chi connectivity index (χ0v) is 12.3. The maximum Gasteiger partial charge on any atom is 0.123 e. The smallest absolute Gasteiger partial charge is 0.123 e. The Balaban J connectivity index is 3.05. The first-order valence-electron chi connectivity index (χ1n) is 6.23. The molecule has 1 N–H and O–H groups in total. The van der Waals surface area contributed by atoms with Gasteiger partial charge < -0.3 is 14.8 Å². The van der Waals surface area contributed by atoms with E-state index in [2.05, 4.69) is 12.2 Å². The van der Waals surface area contributed by atoms with Crippen molar-refractivity contribution in [1.29, 1.82) is 0 Å². The van der Waals surface area contributed by atoms with E-state index in [9.17, 15) is 0 Å². The molecule has 1 aromatic carbocycles. The van der Waals surface area contributed by atoms with Crippen LogP contribution in [0, 0.1) is 0 Å². The van der Waals surface area contributed by atoms with Crippen molar-refractivity contribution in [1.82, 2.24) is 5.32 Å². The highest BCUT2D eigenvalue weighted by atomic mass is 35.5. The quantitative estimate of drug-likeness (QED) is 0.824. The van der Waals surface area contributed by atoms with Crippen LogP contribution in [0.5, 0.6) is 5.75 Å². The molecule has 0 radical (unpaired) electrons. The molecule has 0 aliphatic carbocycles. The van der Waals surface area contributed by atoms with Gasteiger partial charge in [0.25, 0.3) is 0 Å². The average Bonchev–Trinajstić information content (AvgIpc) is 2.39. The number of methoxy groups -OCH3 is 2. The molecule has 0 bridgehead atoms. The molecular weight excluding hydrogens is 250 g/mol. The van der Waals surface area contributed by atoms with E-state index in [-0.39, 0.29) is 12.1 Å². The van der Waals surface area contributed by atoms with Crippen LogP contribution in [0.3, 0.4) is 0 Å². The third-order valence-corrected chi connectivity index (χ3v) is 3.22. The highest BCUT2D eigenvalue weighted by molar-refractivity contribution is 6.30. The summed E-state index contributed by atoms with van der Waals surface area (Å²) in [5.41, 5.74) is 1.04. The first kappa shape index (κ1) is 15.3. The molecule has 0 heterocycles. The van der Waals surface area contributed by atoms with Crippen LogP contribution in [0.15, 0.2) is 18.2 Å². The average molecular weight is 272 g/mol. The minimum atomic E-state index is 0.0453. The monoisotopic (exact) mass is 271 g/mol. The summed E-state index contributed by atoms with van der Waals surface area (Å²) < 4.78 is 10.8. The van der Waals surface area contributed by atoms with Crippen LogP contribution >= 0.6 is 11.6 Å². The fourth-order valence-electron chi connectivity index (χ4n) is 1.91. The fourth-order valence-corrected chi connectivity index (χ4v) is 2.09. The first-order chi connectivity index (χ1) is 8.63. The number of rotatable bonds is 7. The van der Waals surface area contributed by atoms with Gasteiger partial charge in [-0.3, -0.25) is 0 Å². The lowest BCUT2D eigenvalue weighted by molar-refractivity contribution is 0.0821. The maximum atomic E-state index is 6.08. The Morgan fingerprint density at radius 2 is 2.06 bits per heavy atom. The Bertz CT molecular complexity index is 371. The highest BCUT2D eigenvalue weighted by Crippen LogP contribution is 2.30. The summed E-state index contributed by atoms with van der Waals surface area (Å²) in [6.07, 6.45) is 1.11. The molecule has 0 fully saturated rings. The summed E-state index contributed by atoms with van der Waals surface area (Å²) in [7, 11) is 3.38. The molecule has 2 atom stereocenters. The third kappa shape index (κ3) is 3.87. The number of halogens is 1. The van der Waals surface area contributed by atoms with Crippen molar-refractivity contribution in [2.24, 2.45) is 0 Å². The van der Waals surface area contributed by atoms with Gasteiger partial charge in [-0.15, -0.1) is 0 Å². The number of ether oxygens (including phenoxy) is 2. The second-order valence-corrected chi connectivity index (χ2v) is 4.70. The lowest BCUT2D eigenvalue weighted by Crippen LogP contribution is -2.32. The number of hydrogen-bond acceptors (Lipinski definition) is 3. The Kier molecular flexibility index (Phi) is 6.47. The molecular formula is C14H22ClNO2. The van der Waals surface area contributed by atoms with Crippen LogP contribution < -0.4 is 10.1 Å². The van der Waals surface area contributed by atoms with E-state index in [1.54, 1.807) is 14.2 Å². The van der Waals surface area contributed by atoms with Crippen LogP contribution in [0.25, 0.3) is 0 Å². The zero-order valence-electron chi connectivity index (χ0n) is 11.5. The first-order valence-corrected chi connectivity index (χ1v) is 6.61. The van der Waals surface area contributed by atoms with Gasteiger partial charge in [0, 0.05) is 17.7 Å². The van der Waals surface area contributed by atoms with Crippen molar-refractivity contribution >= 4 is 11.6 Å². The summed E-state index contributed by atoms with van der Waals surface area (Å²) in [6, 6.07) is 5.73. The summed E-state index contributed by atoms with van der Waals surface area (Å²) >= 11 is 6.08. The van der Waals surface area contributed by atoms with E-state index < -0.39 is 0 Å². The Labute approximate surface area is 114 Å². The predicted molar refractivity (Wildman–Crippen MR) is 75.5 cm³/mol. The lowest BCUT2D eigenvalue weighted by atomic mass is 10.0. The van der Waals surface area contributed by atoms with Crippen LogP contribution in [0.2, 0.25) is 5.02 Å². The van der Waals surface area contributed by atoms with Crippen LogP contribution in [0.1, 0.15) is 31.9 Å². The topological polar surface area (TPSA) is 30.5 Å². The molecule has 0 spiro atoms. The maximum absolute atomic E-state index is 6.08. The molecule has 1 aromatic rings. The lowest BCUT2D eigenvalue weighted by Gasteiger charge is -2.26. The van der Waals surface area contributed by atoms with Gasteiger partial charge in [-0.2, -0.15) is 0 Å². The van der Waals surface area contributed by atoms with Crippen LogP contribution in [-0.4, -0.2) is 26.9 Å². The highest BCUT2D eigenvalue weighted by Gasteiger charge is 2.22. The molecule has 0 aromatic heterocycles. The van der Waals surface area contributed by atoms with Gasteiger partial charge in [-0.05, 0) is 38.1 Å². The molecule has 0 amide bonds. The van der Waals surface area contributed by atoms with E-state index in [1.165, 1.54) is 0 Å². The van der Waals surface area contributed by atoms with Crippen molar-refractivity contribution in [2.45, 2.75) is 32.4 Å². The molecule has 2 unspecified atom stereocenters. The second-order valence-electron chi connectivity index (χ2n) is 4.26. The number of nitrogens with one attached hydrogen (secondary N) is 1. The minimum absolute atomic E-state index is 0.0453. The van der Waals surface area contributed by atoms with Crippen molar-refractivity contribution in [3.05, 3.63) is 28.8 Å². The Morgan fingerprint density at radius 1 is 1.33 bits per heavy atom. The predicted octanol–water partition coefficient (Wildman–Crippen LogP) is 3.42. The van der Waals surface area contributed by atoms with Crippen LogP contribution in [-0.2, 0) is 4.74 Å². The van der Waals surface area contributed by atoms with Gasteiger partial charge in [0.05, 0.1) is 19.3 Å². The molecule has 1 rings (SSSR count). The standard InChI is InChI=1S/C14H22ClNO2/c1-5-8-16-14(10(2)17-3)12-9-11(15)6-7-13(12)18-4/h6-7,9-10,14,16H,5,8H2,1-4H3. The van der Waals surface area contributed by atoms with E-state index in [0.29, 0.717) is 5.02 Å². The number of hydrogen-bond donors (Lipinski definition) is 1. The van der Waals surface area contributed by atoms with Gasteiger partial charge in [0.1, 0.15) is 5.75 Å². The Morgan fingerprint density at radius 3 is 2.61 bits per heavy atom. The molecule has 3 nitrogen and oxygen atoms in total. The van der Waals surface area contributed by atoms with Crippen molar-refractivity contribution in [3.63, 3.8) is 0 Å². The second kappa shape index (κ2) is 7.62. The van der Waals surface area contributed by atoms with E-state index in [0.717, 1.165) is 24.3 Å². The molecule has 4 heteroatoms. The van der Waals surface area contributed by atoms with Gasteiger partial charge in [-0.25, -0.2) is 0 Å². The summed E-state index contributed by atoms with van der Waals surface area (Å²) in [6.45, 7) is 5.10. The minimum Gasteiger partial charge on any atom is -0.496 e. The molecule has 0 saturated carbocycles. The summed E-state index contributed by atoms with van der Waals surface area (Å²) in [5.74, 6) is 0.830. The number of benzene rings is 1. The van der Waals surface area contributed by atoms with Crippen molar-refractivity contribution in [3.8, 4) is 5.75 Å². The van der Waals surface area contributed by atoms with Gasteiger partial charge in [-0.1, -0.05) is 18.5 Å². The van der Waals surface area contributed by atoms with E-state index in [1.807, 2.05) is 25.1 Å². The van der Waals surface area contributed by atoms with Gasteiger partial charge in [0.15, 0.2) is 0 Å². The SMILES string of the molecule is CCCNC(c1cc(Cl)ccc1OC)C(C)OC. The van der Waals surface area contributed by atoms with Crippen molar-refractivity contribution < 1.29 is 9.47 Å². The van der Waals surface area contributed by atoms with Crippen molar-refractivity contribution in [2.75, 3.05) is 20.8 Å².